The number of rotatable bonds is 7. The van der Waals surface area contributed by atoms with Gasteiger partial charge in [0, 0.05) is 24.6 Å². The van der Waals surface area contributed by atoms with Gasteiger partial charge < -0.3 is 14.2 Å². The highest BCUT2D eigenvalue weighted by atomic mass is 32.2. The number of aryl methyl sites for hydroxylation is 1. The third-order valence-corrected chi connectivity index (χ3v) is 6.85. The van der Waals surface area contributed by atoms with Crippen LogP contribution in [-0.4, -0.2) is 61.3 Å². The molecule has 0 N–H and O–H groups in total. The number of halogens is 1. The summed E-state index contributed by atoms with van der Waals surface area (Å²) in [6.45, 7) is 10.7. The van der Waals surface area contributed by atoms with Crippen LogP contribution in [0.5, 0.6) is 0 Å². The molecule has 2 heterocycles. The van der Waals surface area contributed by atoms with E-state index in [9.17, 15) is 17.6 Å². The predicted octanol–water partition coefficient (Wildman–Crippen LogP) is 4.64. The lowest BCUT2D eigenvalue weighted by molar-refractivity contribution is -0.290. The molecule has 208 valence electrons. The molecule has 1 aliphatic heterocycles. The Morgan fingerprint density at radius 2 is 1.84 bits per heavy atom. The molecule has 3 rings (SSSR count). The molecule has 0 spiro atoms. The molecular formula is C27H36FN3O6S. The van der Waals surface area contributed by atoms with Crippen molar-refractivity contribution in [2.24, 2.45) is 0 Å². The summed E-state index contributed by atoms with van der Waals surface area (Å²) >= 11 is 0. The molecule has 11 heteroatoms. The van der Waals surface area contributed by atoms with E-state index in [1.54, 1.807) is 39.0 Å². The number of ether oxygens (including phenoxy) is 3. The van der Waals surface area contributed by atoms with Crippen molar-refractivity contribution in [1.82, 2.24) is 9.97 Å². The van der Waals surface area contributed by atoms with E-state index in [0.717, 1.165) is 10.6 Å². The van der Waals surface area contributed by atoms with Gasteiger partial charge in [0.05, 0.1) is 36.3 Å². The molecule has 38 heavy (non-hydrogen) atoms. The highest BCUT2D eigenvalue weighted by Crippen LogP contribution is 2.32. The van der Waals surface area contributed by atoms with Gasteiger partial charge in [0.25, 0.3) is 0 Å². The average molecular weight is 550 g/mol. The van der Waals surface area contributed by atoms with Crippen molar-refractivity contribution in [1.29, 1.82) is 0 Å². The minimum atomic E-state index is -3.60. The third kappa shape index (κ3) is 8.05. The first kappa shape index (κ1) is 29.7. The zero-order chi connectivity index (χ0) is 28.5. The number of aromatic nitrogens is 2. The number of nitrogens with zero attached hydrogens (tertiary/aromatic N) is 3. The zero-order valence-corrected chi connectivity index (χ0v) is 23.9. The fourth-order valence-corrected chi connectivity index (χ4v) is 4.43. The van der Waals surface area contributed by atoms with E-state index in [-0.39, 0.29) is 18.3 Å². The maximum absolute atomic E-state index is 13.6. The minimum absolute atomic E-state index is 0.00218. The number of hydrogen-bond donors (Lipinski definition) is 0. The third-order valence-electron chi connectivity index (χ3n) is 5.69. The second-order valence-electron chi connectivity index (χ2n) is 10.8. The van der Waals surface area contributed by atoms with Crippen LogP contribution in [0.25, 0.3) is 17.3 Å². The van der Waals surface area contributed by atoms with Crippen LogP contribution in [0.4, 0.5) is 10.3 Å². The van der Waals surface area contributed by atoms with Crippen LogP contribution < -0.4 is 4.31 Å². The van der Waals surface area contributed by atoms with E-state index in [1.807, 2.05) is 26.8 Å². The van der Waals surface area contributed by atoms with Gasteiger partial charge in [-0.05, 0) is 65.8 Å². The van der Waals surface area contributed by atoms with Gasteiger partial charge in [-0.15, -0.1) is 0 Å². The van der Waals surface area contributed by atoms with Gasteiger partial charge in [0.2, 0.25) is 16.0 Å². The van der Waals surface area contributed by atoms with Crippen molar-refractivity contribution < 1.29 is 31.8 Å². The first-order valence-electron chi connectivity index (χ1n) is 12.3. The Morgan fingerprint density at radius 1 is 1.21 bits per heavy atom. The number of sulfonamides is 1. The van der Waals surface area contributed by atoms with E-state index in [0.29, 0.717) is 28.9 Å². The first-order valence-corrected chi connectivity index (χ1v) is 14.1. The maximum Gasteiger partial charge on any atom is 0.308 e. The van der Waals surface area contributed by atoms with Crippen LogP contribution in [0, 0.1) is 12.7 Å². The molecule has 9 nitrogen and oxygen atoms in total. The first-order chi connectivity index (χ1) is 17.4. The summed E-state index contributed by atoms with van der Waals surface area (Å²) in [6.07, 6.45) is 4.39. The minimum Gasteiger partial charge on any atom is -0.460 e. The summed E-state index contributed by atoms with van der Waals surface area (Å²) in [5, 5.41) is 0. The van der Waals surface area contributed by atoms with Gasteiger partial charge in [0.15, 0.2) is 5.79 Å². The number of anilines is 1. The summed E-state index contributed by atoms with van der Waals surface area (Å²) in [5.41, 5.74) is 1.59. The van der Waals surface area contributed by atoms with E-state index >= 15 is 0 Å². The normalized spacial score (nSPS) is 19.9. The van der Waals surface area contributed by atoms with E-state index in [1.165, 1.54) is 19.2 Å². The SMILES string of the molecule is Cc1nc(N(C)S(C)(=O)=O)nc(-c2ccc(F)cc2)c1/C=C/[C@@H]1C[C@H](CC(=O)OC(C)(C)C)OC(C)(C)O1. The van der Waals surface area contributed by atoms with Gasteiger partial charge in [0.1, 0.15) is 11.4 Å². The monoisotopic (exact) mass is 549 g/mol. The molecule has 0 bridgehead atoms. The Morgan fingerprint density at radius 3 is 2.42 bits per heavy atom. The Kier molecular flexibility index (Phi) is 8.64. The Bertz CT molecular complexity index is 1300. The molecule has 1 aromatic carbocycles. The lowest BCUT2D eigenvalue weighted by Crippen LogP contribution is -2.45. The molecule has 0 radical (unpaired) electrons. The molecule has 1 aliphatic rings. The number of esters is 1. The molecule has 2 aromatic rings. The van der Waals surface area contributed by atoms with Crippen LogP contribution in [0.3, 0.4) is 0 Å². The summed E-state index contributed by atoms with van der Waals surface area (Å²) in [6, 6.07) is 5.77. The van der Waals surface area contributed by atoms with Crippen molar-refractivity contribution in [3.8, 4) is 11.3 Å². The summed E-state index contributed by atoms with van der Waals surface area (Å²) in [4.78, 5) is 21.3. The number of carbonyl (C=O) groups is 1. The van der Waals surface area contributed by atoms with Gasteiger partial charge >= 0.3 is 5.97 Å². The van der Waals surface area contributed by atoms with Crippen LogP contribution in [0.2, 0.25) is 0 Å². The zero-order valence-electron chi connectivity index (χ0n) is 23.1. The fraction of sp³-hybridized carbons (Fsp3) is 0.519. The van der Waals surface area contributed by atoms with Gasteiger partial charge in [-0.3, -0.25) is 4.79 Å². The summed E-state index contributed by atoms with van der Waals surface area (Å²) in [7, 11) is -2.23. The quantitative estimate of drug-likeness (QED) is 0.460. The van der Waals surface area contributed by atoms with Crippen LogP contribution >= 0.6 is 0 Å². The van der Waals surface area contributed by atoms with E-state index in [4.69, 9.17) is 14.2 Å². The maximum atomic E-state index is 13.6. The number of hydrogen-bond acceptors (Lipinski definition) is 8. The van der Waals surface area contributed by atoms with Crippen LogP contribution in [0.15, 0.2) is 30.3 Å². The molecule has 0 saturated carbocycles. The molecule has 1 fully saturated rings. The smallest absolute Gasteiger partial charge is 0.308 e. The average Bonchev–Trinajstić information content (AvgIpc) is 2.74. The van der Waals surface area contributed by atoms with Gasteiger partial charge in [-0.2, -0.15) is 0 Å². The largest absolute Gasteiger partial charge is 0.460 e. The summed E-state index contributed by atoms with van der Waals surface area (Å²) < 4.78 is 56.3. The Labute approximate surface area is 224 Å². The van der Waals surface area contributed by atoms with Crippen LogP contribution in [0.1, 0.15) is 58.7 Å². The Hall–Kier alpha value is -2.89. The van der Waals surface area contributed by atoms with Crippen LogP contribution in [-0.2, 0) is 29.0 Å². The molecule has 0 amide bonds. The molecular weight excluding hydrogens is 513 g/mol. The second kappa shape index (κ2) is 11.1. The van der Waals surface area contributed by atoms with E-state index < -0.39 is 39.4 Å². The van der Waals surface area contributed by atoms with Crippen molar-refractivity contribution >= 4 is 28.0 Å². The lowest BCUT2D eigenvalue weighted by Gasteiger charge is -2.39. The molecule has 0 unspecified atom stereocenters. The van der Waals surface area contributed by atoms with Crippen molar-refractivity contribution in [2.75, 3.05) is 17.6 Å². The molecule has 1 saturated heterocycles. The number of carbonyl (C=O) groups excluding carboxylic acids is 1. The molecule has 0 aliphatic carbocycles. The highest BCUT2D eigenvalue weighted by molar-refractivity contribution is 7.92. The predicted molar refractivity (Wildman–Crippen MR) is 143 cm³/mol. The molecule has 2 atom stereocenters. The van der Waals surface area contributed by atoms with Crippen molar-refractivity contribution in [2.45, 2.75) is 78.0 Å². The van der Waals surface area contributed by atoms with Gasteiger partial charge in [-0.1, -0.05) is 12.2 Å². The topological polar surface area (TPSA) is 108 Å². The molecule has 1 aromatic heterocycles. The fourth-order valence-electron chi connectivity index (χ4n) is 4.05. The summed E-state index contributed by atoms with van der Waals surface area (Å²) in [5.74, 6) is -1.69. The highest BCUT2D eigenvalue weighted by Gasteiger charge is 2.36. The number of benzene rings is 1. The second-order valence-corrected chi connectivity index (χ2v) is 12.8. The van der Waals surface area contributed by atoms with E-state index in [2.05, 4.69) is 9.97 Å². The lowest BCUT2D eigenvalue weighted by atomic mass is 10.0. The van der Waals surface area contributed by atoms with Crippen molar-refractivity contribution in [3.63, 3.8) is 0 Å². The van der Waals surface area contributed by atoms with Crippen molar-refractivity contribution in [3.05, 3.63) is 47.4 Å². The standard InChI is InChI=1S/C27H36FN3O6S/c1-17-22(14-13-20-15-21(36-27(5,6)35-20)16-23(32)37-26(2,3)4)24(18-9-11-19(28)12-10-18)30-25(29-17)31(7)38(8,33)34/h9-14,20-21H,15-16H2,1-8H3/b14-13+/t20-,21-/m1/s1. The Balaban J connectivity index is 1.95. The van der Waals surface area contributed by atoms with Gasteiger partial charge in [-0.25, -0.2) is 27.1 Å².